The third-order valence-electron chi connectivity index (χ3n) is 4.11. The lowest BCUT2D eigenvalue weighted by Gasteiger charge is -2.13. The summed E-state index contributed by atoms with van der Waals surface area (Å²) in [7, 11) is 0. The van der Waals surface area contributed by atoms with E-state index in [-0.39, 0.29) is 11.7 Å². The second kappa shape index (κ2) is 7.13. The Hall–Kier alpha value is -3.32. The van der Waals surface area contributed by atoms with Crippen LogP contribution >= 0.6 is 11.8 Å². The summed E-state index contributed by atoms with van der Waals surface area (Å²) in [5.41, 5.74) is 2.22. The van der Waals surface area contributed by atoms with Gasteiger partial charge in [-0.3, -0.25) is 9.89 Å². The van der Waals surface area contributed by atoms with E-state index in [1.165, 1.54) is 18.1 Å². The molecule has 134 valence electrons. The molecule has 0 atom stereocenters. The Morgan fingerprint density at radius 3 is 2.67 bits per heavy atom. The molecule has 0 saturated carbocycles. The minimum Gasteiger partial charge on any atom is -0.506 e. The number of benzene rings is 3. The average molecular weight is 376 g/mol. The number of fused-ring (bicyclic) bond motifs is 1. The first-order valence-electron chi connectivity index (χ1n) is 8.28. The topological polar surface area (TPSA) is 90.9 Å². The number of rotatable bonds is 4. The molecule has 1 heterocycles. The number of carbonyl (C=O) groups is 1. The van der Waals surface area contributed by atoms with E-state index in [4.69, 9.17) is 0 Å². The predicted molar refractivity (Wildman–Crippen MR) is 105 cm³/mol. The van der Waals surface area contributed by atoms with Crippen molar-refractivity contribution in [2.24, 2.45) is 0 Å². The Kier molecular flexibility index (Phi) is 4.52. The summed E-state index contributed by atoms with van der Waals surface area (Å²) >= 11 is 1.24. The summed E-state index contributed by atoms with van der Waals surface area (Å²) in [6.45, 7) is 1.94. The van der Waals surface area contributed by atoms with E-state index < -0.39 is 0 Å². The SMILES string of the molecule is Cc1cccc(C(=O)Nc2cc(Sc3ncn[nH]3)c(O)c3ccccc23)c1. The molecular formula is C20H16N4O2S. The van der Waals surface area contributed by atoms with E-state index in [0.29, 0.717) is 26.7 Å². The van der Waals surface area contributed by atoms with Gasteiger partial charge in [0.1, 0.15) is 12.1 Å². The molecule has 6 nitrogen and oxygen atoms in total. The Morgan fingerprint density at radius 1 is 1.11 bits per heavy atom. The summed E-state index contributed by atoms with van der Waals surface area (Å²) < 4.78 is 0. The van der Waals surface area contributed by atoms with Crippen molar-refractivity contribution < 1.29 is 9.90 Å². The Balaban J connectivity index is 1.77. The number of H-pyrrole nitrogens is 1. The molecule has 0 bridgehead atoms. The van der Waals surface area contributed by atoms with Gasteiger partial charge in [-0.25, -0.2) is 4.98 Å². The van der Waals surface area contributed by atoms with Gasteiger partial charge in [-0.15, -0.1) is 0 Å². The van der Waals surface area contributed by atoms with Crippen molar-refractivity contribution in [1.82, 2.24) is 15.2 Å². The zero-order valence-corrected chi connectivity index (χ0v) is 15.2. The van der Waals surface area contributed by atoms with Crippen LogP contribution in [-0.4, -0.2) is 26.2 Å². The first-order chi connectivity index (χ1) is 13.1. The summed E-state index contributed by atoms with van der Waals surface area (Å²) in [4.78, 5) is 17.4. The lowest BCUT2D eigenvalue weighted by Crippen LogP contribution is -2.12. The smallest absolute Gasteiger partial charge is 0.255 e. The highest BCUT2D eigenvalue weighted by Crippen LogP contribution is 2.41. The molecular weight excluding hydrogens is 360 g/mol. The van der Waals surface area contributed by atoms with Gasteiger partial charge in [0.15, 0.2) is 5.16 Å². The number of phenolic OH excluding ortho intramolecular Hbond substituents is 1. The third kappa shape index (κ3) is 3.50. The number of amides is 1. The molecule has 0 unspecified atom stereocenters. The van der Waals surface area contributed by atoms with Crippen LogP contribution in [0, 0.1) is 6.92 Å². The van der Waals surface area contributed by atoms with Gasteiger partial charge >= 0.3 is 0 Å². The molecule has 0 fully saturated rings. The van der Waals surface area contributed by atoms with Gasteiger partial charge in [-0.05, 0) is 36.9 Å². The van der Waals surface area contributed by atoms with E-state index in [2.05, 4.69) is 20.5 Å². The number of anilines is 1. The molecule has 1 amide bonds. The molecule has 0 aliphatic heterocycles. The molecule has 0 aliphatic carbocycles. The van der Waals surface area contributed by atoms with E-state index in [9.17, 15) is 9.90 Å². The zero-order valence-electron chi connectivity index (χ0n) is 14.4. The molecule has 0 spiro atoms. The lowest BCUT2D eigenvalue weighted by atomic mass is 10.1. The Labute approximate surface area is 159 Å². The second-order valence-electron chi connectivity index (χ2n) is 6.03. The maximum absolute atomic E-state index is 12.7. The highest BCUT2D eigenvalue weighted by atomic mass is 32.2. The Bertz CT molecular complexity index is 1130. The third-order valence-corrected chi connectivity index (χ3v) is 5.03. The molecule has 27 heavy (non-hydrogen) atoms. The summed E-state index contributed by atoms with van der Waals surface area (Å²) in [6, 6.07) is 16.5. The van der Waals surface area contributed by atoms with Crippen molar-refractivity contribution in [3.05, 3.63) is 72.1 Å². The van der Waals surface area contributed by atoms with Crippen LogP contribution in [0.3, 0.4) is 0 Å². The fraction of sp³-hybridized carbons (Fsp3) is 0.0500. The van der Waals surface area contributed by atoms with E-state index in [1.54, 1.807) is 12.1 Å². The first-order valence-corrected chi connectivity index (χ1v) is 9.09. The van der Waals surface area contributed by atoms with Crippen molar-refractivity contribution in [2.75, 3.05) is 5.32 Å². The zero-order chi connectivity index (χ0) is 18.8. The summed E-state index contributed by atoms with van der Waals surface area (Å²) in [5.74, 6) is -0.0642. The highest BCUT2D eigenvalue weighted by molar-refractivity contribution is 7.99. The largest absolute Gasteiger partial charge is 0.506 e. The molecule has 1 aromatic heterocycles. The normalized spacial score (nSPS) is 10.9. The van der Waals surface area contributed by atoms with Gasteiger partial charge in [-0.2, -0.15) is 5.10 Å². The number of phenols is 1. The molecule has 3 N–H and O–H groups in total. The number of aryl methyl sites for hydroxylation is 1. The van der Waals surface area contributed by atoms with E-state index in [1.807, 2.05) is 49.4 Å². The first kappa shape index (κ1) is 17.1. The lowest BCUT2D eigenvalue weighted by molar-refractivity contribution is 0.102. The number of nitrogens with zero attached hydrogens (tertiary/aromatic N) is 2. The van der Waals surface area contributed by atoms with Crippen molar-refractivity contribution in [3.63, 3.8) is 0 Å². The van der Waals surface area contributed by atoms with Crippen LogP contribution in [0.25, 0.3) is 10.8 Å². The second-order valence-corrected chi connectivity index (χ2v) is 7.06. The van der Waals surface area contributed by atoms with Gasteiger partial charge in [0.25, 0.3) is 5.91 Å². The van der Waals surface area contributed by atoms with Gasteiger partial charge in [0.2, 0.25) is 0 Å². The Morgan fingerprint density at radius 2 is 1.93 bits per heavy atom. The molecule has 0 aliphatic rings. The molecule has 4 rings (SSSR count). The average Bonchev–Trinajstić information content (AvgIpc) is 3.18. The standard InChI is InChI=1S/C20H16N4O2S/c1-12-5-4-6-13(9-12)19(26)23-16-10-17(27-20-21-11-22-24-20)18(25)15-8-3-2-7-14(15)16/h2-11,25H,1H3,(H,23,26)(H,21,22,24). The van der Waals surface area contributed by atoms with E-state index >= 15 is 0 Å². The predicted octanol–water partition coefficient (Wildman–Crippen LogP) is 4.38. The maximum atomic E-state index is 12.7. The van der Waals surface area contributed by atoms with Crippen molar-refractivity contribution >= 4 is 34.1 Å². The number of hydrogen-bond donors (Lipinski definition) is 3. The number of carbonyl (C=O) groups excluding carboxylic acids is 1. The van der Waals surface area contributed by atoms with Crippen LogP contribution in [0.4, 0.5) is 5.69 Å². The van der Waals surface area contributed by atoms with Gasteiger partial charge in [0.05, 0.1) is 10.6 Å². The van der Waals surface area contributed by atoms with Gasteiger partial charge < -0.3 is 10.4 Å². The van der Waals surface area contributed by atoms with Crippen molar-refractivity contribution in [2.45, 2.75) is 17.0 Å². The highest BCUT2D eigenvalue weighted by Gasteiger charge is 2.16. The fourth-order valence-electron chi connectivity index (χ4n) is 2.84. The molecule has 3 aromatic carbocycles. The van der Waals surface area contributed by atoms with Crippen LogP contribution in [0.2, 0.25) is 0 Å². The van der Waals surface area contributed by atoms with Gasteiger partial charge in [-0.1, -0.05) is 42.0 Å². The van der Waals surface area contributed by atoms with E-state index in [0.717, 1.165) is 10.9 Å². The monoisotopic (exact) mass is 376 g/mol. The van der Waals surface area contributed by atoms with Crippen LogP contribution in [0.15, 0.2) is 71.0 Å². The minimum atomic E-state index is -0.204. The van der Waals surface area contributed by atoms with Crippen LogP contribution in [-0.2, 0) is 0 Å². The fourth-order valence-corrected chi connectivity index (χ4v) is 3.63. The molecule has 0 radical (unpaired) electrons. The number of hydrogen-bond acceptors (Lipinski definition) is 5. The summed E-state index contributed by atoms with van der Waals surface area (Å²) in [6.07, 6.45) is 1.40. The maximum Gasteiger partial charge on any atom is 0.255 e. The van der Waals surface area contributed by atoms with Crippen LogP contribution in [0.5, 0.6) is 5.75 Å². The van der Waals surface area contributed by atoms with Crippen molar-refractivity contribution in [1.29, 1.82) is 0 Å². The van der Waals surface area contributed by atoms with Crippen molar-refractivity contribution in [3.8, 4) is 5.75 Å². The summed E-state index contributed by atoms with van der Waals surface area (Å²) in [5, 5.41) is 22.2. The van der Waals surface area contributed by atoms with Crippen LogP contribution in [0.1, 0.15) is 15.9 Å². The number of aromatic amines is 1. The molecule has 0 saturated heterocycles. The molecule has 4 aromatic rings. The number of aromatic hydroxyl groups is 1. The quantitative estimate of drug-likeness (QED) is 0.460. The van der Waals surface area contributed by atoms with Gasteiger partial charge in [0, 0.05) is 16.3 Å². The van der Waals surface area contributed by atoms with Crippen LogP contribution < -0.4 is 5.32 Å². The molecule has 7 heteroatoms. The number of nitrogens with one attached hydrogen (secondary N) is 2. The number of aromatic nitrogens is 3. The minimum absolute atomic E-state index is 0.139.